The highest BCUT2D eigenvalue weighted by Crippen LogP contribution is 2.24. The molecular formula is C10H17N3. The Labute approximate surface area is 78.9 Å². The SMILES string of the molecule is CCCC(N)c1cc(N)ccc1N. The van der Waals surface area contributed by atoms with Crippen LogP contribution in [0.4, 0.5) is 11.4 Å². The summed E-state index contributed by atoms with van der Waals surface area (Å²) >= 11 is 0. The molecule has 0 aromatic heterocycles. The van der Waals surface area contributed by atoms with Gasteiger partial charge in [-0.15, -0.1) is 0 Å². The van der Waals surface area contributed by atoms with Crippen molar-refractivity contribution in [2.24, 2.45) is 5.73 Å². The van der Waals surface area contributed by atoms with Crippen molar-refractivity contribution in [2.45, 2.75) is 25.8 Å². The topological polar surface area (TPSA) is 78.1 Å². The van der Waals surface area contributed by atoms with Crippen LogP contribution in [0.1, 0.15) is 31.4 Å². The zero-order chi connectivity index (χ0) is 9.84. The second kappa shape index (κ2) is 4.14. The molecule has 1 atom stereocenters. The predicted molar refractivity (Wildman–Crippen MR) is 57.1 cm³/mol. The van der Waals surface area contributed by atoms with Gasteiger partial charge < -0.3 is 17.2 Å². The number of hydrogen-bond donors (Lipinski definition) is 3. The predicted octanol–water partition coefficient (Wildman–Crippen LogP) is 1.65. The lowest BCUT2D eigenvalue weighted by Gasteiger charge is -2.13. The monoisotopic (exact) mass is 179 g/mol. The van der Waals surface area contributed by atoms with Crippen molar-refractivity contribution in [2.75, 3.05) is 11.5 Å². The van der Waals surface area contributed by atoms with Crippen molar-refractivity contribution < 1.29 is 0 Å². The summed E-state index contributed by atoms with van der Waals surface area (Å²) < 4.78 is 0. The molecule has 1 unspecified atom stereocenters. The molecule has 0 spiro atoms. The van der Waals surface area contributed by atoms with Gasteiger partial charge in [0.25, 0.3) is 0 Å². The van der Waals surface area contributed by atoms with E-state index in [1.54, 1.807) is 12.1 Å². The summed E-state index contributed by atoms with van der Waals surface area (Å²) in [5.74, 6) is 0. The summed E-state index contributed by atoms with van der Waals surface area (Å²) in [6, 6.07) is 5.46. The molecule has 0 saturated carbocycles. The highest BCUT2D eigenvalue weighted by molar-refractivity contribution is 5.56. The van der Waals surface area contributed by atoms with Crippen LogP contribution >= 0.6 is 0 Å². The second-order valence-corrected chi connectivity index (χ2v) is 3.28. The van der Waals surface area contributed by atoms with Crippen molar-refractivity contribution in [3.63, 3.8) is 0 Å². The Morgan fingerprint density at radius 1 is 1.31 bits per heavy atom. The summed E-state index contributed by atoms with van der Waals surface area (Å²) in [7, 11) is 0. The Bertz CT molecular complexity index is 283. The van der Waals surface area contributed by atoms with Gasteiger partial charge in [0.15, 0.2) is 0 Å². The third kappa shape index (κ3) is 2.36. The van der Waals surface area contributed by atoms with Gasteiger partial charge in [0, 0.05) is 17.4 Å². The first-order valence-electron chi connectivity index (χ1n) is 4.55. The second-order valence-electron chi connectivity index (χ2n) is 3.28. The standard InChI is InChI=1S/C10H17N3/c1-2-3-9(12)8-6-7(11)4-5-10(8)13/h4-6,9H,2-3,11-13H2,1H3. The average Bonchev–Trinajstić information content (AvgIpc) is 2.09. The maximum atomic E-state index is 5.94. The minimum atomic E-state index is 0.00787. The lowest BCUT2D eigenvalue weighted by Crippen LogP contribution is -2.12. The van der Waals surface area contributed by atoms with E-state index in [0.717, 1.165) is 29.8 Å². The highest BCUT2D eigenvalue weighted by Gasteiger charge is 2.08. The van der Waals surface area contributed by atoms with E-state index in [0.29, 0.717) is 0 Å². The van der Waals surface area contributed by atoms with Gasteiger partial charge in [0.2, 0.25) is 0 Å². The molecule has 0 aliphatic heterocycles. The summed E-state index contributed by atoms with van der Waals surface area (Å²) in [5.41, 5.74) is 19.8. The van der Waals surface area contributed by atoms with Crippen molar-refractivity contribution in [3.8, 4) is 0 Å². The van der Waals surface area contributed by atoms with E-state index in [4.69, 9.17) is 17.2 Å². The molecule has 72 valence electrons. The van der Waals surface area contributed by atoms with Gasteiger partial charge in [-0.1, -0.05) is 13.3 Å². The van der Waals surface area contributed by atoms with Crippen LogP contribution in [0.25, 0.3) is 0 Å². The first-order valence-corrected chi connectivity index (χ1v) is 4.55. The van der Waals surface area contributed by atoms with E-state index in [2.05, 4.69) is 6.92 Å². The van der Waals surface area contributed by atoms with E-state index >= 15 is 0 Å². The van der Waals surface area contributed by atoms with Crippen LogP contribution in [0, 0.1) is 0 Å². The molecule has 0 aliphatic carbocycles. The molecule has 1 rings (SSSR count). The zero-order valence-electron chi connectivity index (χ0n) is 7.96. The van der Waals surface area contributed by atoms with Gasteiger partial charge >= 0.3 is 0 Å². The number of hydrogen-bond acceptors (Lipinski definition) is 3. The number of nitrogens with two attached hydrogens (primary N) is 3. The molecule has 3 heteroatoms. The number of nitrogen functional groups attached to an aromatic ring is 2. The molecular weight excluding hydrogens is 162 g/mol. The summed E-state index contributed by atoms with van der Waals surface area (Å²) in [4.78, 5) is 0. The van der Waals surface area contributed by atoms with Crippen LogP contribution < -0.4 is 17.2 Å². The number of anilines is 2. The molecule has 1 aromatic carbocycles. The maximum absolute atomic E-state index is 5.94. The first kappa shape index (κ1) is 9.86. The van der Waals surface area contributed by atoms with E-state index in [9.17, 15) is 0 Å². The van der Waals surface area contributed by atoms with Crippen molar-refractivity contribution in [3.05, 3.63) is 23.8 Å². The van der Waals surface area contributed by atoms with Crippen molar-refractivity contribution in [1.82, 2.24) is 0 Å². The first-order chi connectivity index (χ1) is 6.15. The molecule has 0 aliphatic rings. The quantitative estimate of drug-likeness (QED) is 0.617. The summed E-state index contributed by atoms with van der Waals surface area (Å²) in [6.07, 6.45) is 1.99. The van der Waals surface area contributed by atoms with Crippen LogP contribution in [-0.4, -0.2) is 0 Å². The van der Waals surface area contributed by atoms with Crippen LogP contribution in [0.5, 0.6) is 0 Å². The lowest BCUT2D eigenvalue weighted by atomic mass is 10.0. The molecule has 0 radical (unpaired) electrons. The largest absolute Gasteiger partial charge is 0.399 e. The molecule has 13 heavy (non-hydrogen) atoms. The maximum Gasteiger partial charge on any atom is 0.0363 e. The van der Waals surface area contributed by atoms with Crippen LogP contribution in [0.15, 0.2) is 18.2 Å². The molecule has 0 saturated heterocycles. The van der Waals surface area contributed by atoms with Gasteiger partial charge in [-0.2, -0.15) is 0 Å². The van der Waals surface area contributed by atoms with Crippen LogP contribution in [0.2, 0.25) is 0 Å². The molecule has 0 heterocycles. The fourth-order valence-corrected chi connectivity index (χ4v) is 1.38. The van der Waals surface area contributed by atoms with Crippen molar-refractivity contribution in [1.29, 1.82) is 0 Å². The summed E-state index contributed by atoms with van der Waals surface area (Å²) in [5, 5.41) is 0. The molecule has 0 amide bonds. The summed E-state index contributed by atoms with van der Waals surface area (Å²) in [6.45, 7) is 2.10. The van der Waals surface area contributed by atoms with Crippen LogP contribution in [0.3, 0.4) is 0 Å². The number of benzene rings is 1. The Kier molecular flexibility index (Phi) is 3.14. The normalized spacial score (nSPS) is 12.8. The Hall–Kier alpha value is -1.22. The molecule has 0 bridgehead atoms. The fraction of sp³-hybridized carbons (Fsp3) is 0.400. The third-order valence-corrected chi connectivity index (χ3v) is 2.11. The van der Waals surface area contributed by atoms with Crippen molar-refractivity contribution >= 4 is 11.4 Å². The highest BCUT2D eigenvalue weighted by atomic mass is 14.7. The van der Waals surface area contributed by atoms with E-state index in [-0.39, 0.29) is 6.04 Å². The van der Waals surface area contributed by atoms with Crippen LogP contribution in [-0.2, 0) is 0 Å². The zero-order valence-corrected chi connectivity index (χ0v) is 7.96. The van der Waals surface area contributed by atoms with E-state index < -0.39 is 0 Å². The Morgan fingerprint density at radius 2 is 2.00 bits per heavy atom. The van der Waals surface area contributed by atoms with E-state index in [1.165, 1.54) is 0 Å². The van der Waals surface area contributed by atoms with Gasteiger partial charge in [0.05, 0.1) is 0 Å². The van der Waals surface area contributed by atoms with Gasteiger partial charge in [-0.3, -0.25) is 0 Å². The Balaban J connectivity index is 2.91. The fourth-order valence-electron chi connectivity index (χ4n) is 1.38. The van der Waals surface area contributed by atoms with Gasteiger partial charge in [-0.25, -0.2) is 0 Å². The minimum Gasteiger partial charge on any atom is -0.399 e. The average molecular weight is 179 g/mol. The molecule has 0 fully saturated rings. The molecule has 1 aromatic rings. The van der Waals surface area contributed by atoms with Gasteiger partial charge in [0.1, 0.15) is 0 Å². The van der Waals surface area contributed by atoms with Gasteiger partial charge in [-0.05, 0) is 30.2 Å². The van der Waals surface area contributed by atoms with E-state index in [1.807, 2.05) is 6.07 Å². The third-order valence-electron chi connectivity index (χ3n) is 2.11. The minimum absolute atomic E-state index is 0.00787. The lowest BCUT2D eigenvalue weighted by molar-refractivity contribution is 0.640. The molecule has 6 N–H and O–H groups in total. The number of rotatable bonds is 3. The molecule has 3 nitrogen and oxygen atoms in total. The Morgan fingerprint density at radius 3 is 2.62 bits per heavy atom. The smallest absolute Gasteiger partial charge is 0.0363 e.